The first-order valence-electron chi connectivity index (χ1n) is 6.41. The summed E-state index contributed by atoms with van der Waals surface area (Å²) < 4.78 is 32.1. The van der Waals surface area contributed by atoms with Gasteiger partial charge in [0.05, 0.1) is 0 Å². The topological polar surface area (TPSA) is 35.2 Å². The fourth-order valence-electron chi connectivity index (χ4n) is 1.93. The number of nitrogens with two attached hydrogens (primary N) is 1. The van der Waals surface area contributed by atoms with Crippen molar-refractivity contribution in [3.63, 3.8) is 0 Å². The molecule has 0 aromatic heterocycles. The normalized spacial score (nSPS) is 12.2. The lowest BCUT2D eigenvalue weighted by molar-refractivity contribution is 0.295. The highest BCUT2D eigenvalue weighted by Gasteiger charge is 2.09. The van der Waals surface area contributed by atoms with Gasteiger partial charge in [0.2, 0.25) is 0 Å². The van der Waals surface area contributed by atoms with E-state index in [9.17, 15) is 8.78 Å². The fourth-order valence-corrected chi connectivity index (χ4v) is 1.93. The third kappa shape index (κ3) is 3.14. The van der Waals surface area contributed by atoms with Crippen molar-refractivity contribution < 1.29 is 13.5 Å². The highest BCUT2D eigenvalue weighted by atomic mass is 19.2. The summed E-state index contributed by atoms with van der Waals surface area (Å²) in [5.41, 5.74) is 7.92. The summed E-state index contributed by atoms with van der Waals surface area (Å²) in [6.45, 7) is 3.78. The van der Waals surface area contributed by atoms with Crippen LogP contribution in [-0.2, 0) is 6.61 Å². The van der Waals surface area contributed by atoms with E-state index in [0.717, 1.165) is 17.2 Å². The fraction of sp³-hybridized carbons (Fsp3) is 0.250. The van der Waals surface area contributed by atoms with Crippen molar-refractivity contribution in [3.8, 4) is 5.75 Å². The molecule has 0 saturated carbocycles. The van der Waals surface area contributed by atoms with Crippen LogP contribution in [0.3, 0.4) is 0 Å². The van der Waals surface area contributed by atoms with Gasteiger partial charge in [0.25, 0.3) is 0 Å². The molecule has 2 N–H and O–H groups in total. The lowest BCUT2D eigenvalue weighted by Crippen LogP contribution is -2.06. The molecule has 2 aromatic rings. The zero-order valence-corrected chi connectivity index (χ0v) is 11.5. The number of hydrogen-bond donors (Lipinski definition) is 1. The third-order valence-electron chi connectivity index (χ3n) is 3.14. The van der Waals surface area contributed by atoms with E-state index in [4.69, 9.17) is 10.5 Å². The molecule has 0 aliphatic heterocycles. The molecule has 0 saturated heterocycles. The van der Waals surface area contributed by atoms with Crippen LogP contribution in [0.4, 0.5) is 8.78 Å². The Morgan fingerprint density at radius 3 is 2.60 bits per heavy atom. The minimum atomic E-state index is -0.866. The van der Waals surface area contributed by atoms with Crippen LogP contribution < -0.4 is 10.5 Å². The number of benzene rings is 2. The Labute approximate surface area is 117 Å². The molecule has 2 nitrogen and oxygen atoms in total. The van der Waals surface area contributed by atoms with Crippen LogP contribution in [0, 0.1) is 18.6 Å². The molecular weight excluding hydrogens is 260 g/mol. The summed E-state index contributed by atoms with van der Waals surface area (Å²) in [6, 6.07) is 9.60. The Kier molecular flexibility index (Phi) is 4.35. The summed E-state index contributed by atoms with van der Waals surface area (Å²) in [7, 11) is 0. The van der Waals surface area contributed by atoms with Crippen LogP contribution in [0.15, 0.2) is 36.4 Å². The zero-order valence-electron chi connectivity index (χ0n) is 11.5. The van der Waals surface area contributed by atoms with Crippen LogP contribution in [-0.4, -0.2) is 0 Å². The molecule has 0 bridgehead atoms. The second kappa shape index (κ2) is 6.01. The quantitative estimate of drug-likeness (QED) is 0.920. The van der Waals surface area contributed by atoms with Gasteiger partial charge >= 0.3 is 0 Å². The Bertz CT molecular complexity index is 611. The lowest BCUT2D eigenvalue weighted by Gasteiger charge is -2.12. The van der Waals surface area contributed by atoms with Crippen molar-refractivity contribution >= 4 is 0 Å². The third-order valence-corrected chi connectivity index (χ3v) is 3.14. The molecule has 0 aliphatic rings. The monoisotopic (exact) mass is 277 g/mol. The molecule has 0 spiro atoms. The van der Waals surface area contributed by atoms with E-state index in [-0.39, 0.29) is 18.2 Å². The van der Waals surface area contributed by atoms with Crippen molar-refractivity contribution in [2.24, 2.45) is 5.73 Å². The summed E-state index contributed by atoms with van der Waals surface area (Å²) in [5.74, 6) is -1.09. The standard InChI is InChI=1S/C16H17F2NO/c1-10-8-12(11(2)19)6-7-15(10)20-9-13-4-3-5-14(17)16(13)18/h3-8,11H,9,19H2,1-2H3. The van der Waals surface area contributed by atoms with Crippen LogP contribution >= 0.6 is 0 Å². The van der Waals surface area contributed by atoms with Crippen LogP contribution in [0.25, 0.3) is 0 Å². The Balaban J connectivity index is 2.13. The van der Waals surface area contributed by atoms with Gasteiger partial charge in [-0.2, -0.15) is 0 Å². The molecule has 2 aromatic carbocycles. The number of hydrogen-bond acceptors (Lipinski definition) is 2. The van der Waals surface area contributed by atoms with Crippen molar-refractivity contribution in [3.05, 3.63) is 64.7 Å². The molecular formula is C16H17F2NO. The average Bonchev–Trinajstić information content (AvgIpc) is 2.41. The van der Waals surface area contributed by atoms with Crippen molar-refractivity contribution in [2.45, 2.75) is 26.5 Å². The van der Waals surface area contributed by atoms with Crippen molar-refractivity contribution in [1.82, 2.24) is 0 Å². The van der Waals surface area contributed by atoms with Crippen molar-refractivity contribution in [2.75, 3.05) is 0 Å². The molecule has 20 heavy (non-hydrogen) atoms. The number of halogens is 2. The van der Waals surface area contributed by atoms with Gasteiger partial charge in [-0.3, -0.25) is 0 Å². The molecule has 1 atom stereocenters. The summed E-state index contributed by atoms with van der Waals surface area (Å²) in [5, 5.41) is 0. The minimum absolute atomic E-state index is 0.0119. The number of aryl methyl sites for hydroxylation is 1. The van der Waals surface area contributed by atoms with Gasteiger partial charge in [-0.1, -0.05) is 24.3 Å². The second-order valence-electron chi connectivity index (χ2n) is 4.82. The first-order valence-corrected chi connectivity index (χ1v) is 6.41. The maximum atomic E-state index is 13.5. The van der Waals surface area contributed by atoms with Crippen LogP contribution in [0.5, 0.6) is 5.75 Å². The number of ether oxygens (including phenoxy) is 1. The van der Waals surface area contributed by atoms with Gasteiger partial charge in [0.1, 0.15) is 12.4 Å². The lowest BCUT2D eigenvalue weighted by atomic mass is 10.1. The molecule has 0 amide bonds. The second-order valence-corrected chi connectivity index (χ2v) is 4.82. The maximum Gasteiger partial charge on any atom is 0.165 e. The Morgan fingerprint density at radius 2 is 1.95 bits per heavy atom. The van der Waals surface area contributed by atoms with E-state index < -0.39 is 11.6 Å². The van der Waals surface area contributed by atoms with Gasteiger partial charge < -0.3 is 10.5 Å². The molecule has 0 fully saturated rings. The first kappa shape index (κ1) is 14.5. The molecule has 0 radical (unpaired) electrons. The first-order chi connectivity index (χ1) is 9.49. The van der Waals surface area contributed by atoms with Crippen LogP contribution in [0.2, 0.25) is 0 Å². The average molecular weight is 277 g/mol. The van der Waals surface area contributed by atoms with E-state index in [2.05, 4.69) is 0 Å². The summed E-state index contributed by atoms with van der Waals surface area (Å²) >= 11 is 0. The summed E-state index contributed by atoms with van der Waals surface area (Å²) in [4.78, 5) is 0. The molecule has 0 aliphatic carbocycles. The molecule has 2 rings (SSSR count). The number of rotatable bonds is 4. The van der Waals surface area contributed by atoms with Gasteiger partial charge in [-0.15, -0.1) is 0 Å². The van der Waals surface area contributed by atoms with Gasteiger partial charge in [-0.25, -0.2) is 8.78 Å². The molecule has 4 heteroatoms. The van der Waals surface area contributed by atoms with Gasteiger partial charge in [0.15, 0.2) is 11.6 Å². The van der Waals surface area contributed by atoms with E-state index in [1.54, 1.807) is 6.07 Å². The van der Waals surface area contributed by atoms with Gasteiger partial charge in [0, 0.05) is 11.6 Å². The molecule has 1 unspecified atom stereocenters. The van der Waals surface area contributed by atoms with Crippen molar-refractivity contribution in [1.29, 1.82) is 0 Å². The summed E-state index contributed by atoms with van der Waals surface area (Å²) in [6.07, 6.45) is 0. The van der Waals surface area contributed by atoms with E-state index >= 15 is 0 Å². The largest absolute Gasteiger partial charge is 0.489 e. The van der Waals surface area contributed by atoms with Crippen LogP contribution in [0.1, 0.15) is 29.7 Å². The zero-order chi connectivity index (χ0) is 14.7. The highest BCUT2D eigenvalue weighted by Crippen LogP contribution is 2.23. The van der Waals surface area contributed by atoms with E-state index in [1.165, 1.54) is 12.1 Å². The smallest absolute Gasteiger partial charge is 0.165 e. The Morgan fingerprint density at radius 1 is 1.20 bits per heavy atom. The predicted molar refractivity (Wildman–Crippen MR) is 74.5 cm³/mol. The van der Waals surface area contributed by atoms with E-state index in [0.29, 0.717) is 5.75 Å². The minimum Gasteiger partial charge on any atom is -0.489 e. The highest BCUT2D eigenvalue weighted by molar-refractivity contribution is 5.37. The Hall–Kier alpha value is -1.94. The maximum absolute atomic E-state index is 13.5. The molecule has 106 valence electrons. The van der Waals surface area contributed by atoms with Gasteiger partial charge in [-0.05, 0) is 37.1 Å². The SMILES string of the molecule is Cc1cc(C(C)N)ccc1OCc1cccc(F)c1F. The molecule has 0 heterocycles. The predicted octanol–water partition coefficient (Wildman–Crippen LogP) is 3.87. The van der Waals surface area contributed by atoms with E-state index in [1.807, 2.05) is 26.0 Å².